The normalized spacial score (nSPS) is 19.1. The highest BCUT2D eigenvalue weighted by Crippen LogP contribution is 2.23. The highest BCUT2D eigenvalue weighted by Gasteiger charge is 2.36. The Morgan fingerprint density at radius 2 is 2.07 bits per heavy atom. The first kappa shape index (κ1) is 11.2. The topological polar surface area (TPSA) is 40.6 Å². The Morgan fingerprint density at radius 1 is 1.43 bits per heavy atom. The predicted octanol–water partition coefficient (Wildman–Crippen LogP) is 0.823. The molecule has 4 heteroatoms. The van der Waals surface area contributed by atoms with Crippen LogP contribution < -0.4 is 0 Å². The van der Waals surface area contributed by atoms with Crippen molar-refractivity contribution in [3.63, 3.8) is 0 Å². The Balaban J connectivity index is 2.67. The number of carbonyl (C=O) groups excluding carboxylic acids is 2. The Morgan fingerprint density at radius 3 is 2.57 bits per heavy atom. The number of hydrogen-bond acceptors (Lipinski definition) is 3. The van der Waals surface area contributed by atoms with Crippen molar-refractivity contribution in [1.29, 1.82) is 0 Å². The Hall–Kier alpha value is -0.900. The lowest BCUT2D eigenvalue weighted by molar-refractivity contribution is -0.148. The molecule has 0 spiro atoms. The highest BCUT2D eigenvalue weighted by atomic mass is 16.2. The average Bonchev–Trinajstić information content (AvgIpc) is 2.42. The van der Waals surface area contributed by atoms with E-state index in [-0.39, 0.29) is 11.4 Å². The summed E-state index contributed by atoms with van der Waals surface area (Å²) in [5.41, 5.74) is -0.184. The van der Waals surface area contributed by atoms with Gasteiger partial charge in [0.25, 0.3) is 0 Å². The van der Waals surface area contributed by atoms with Gasteiger partial charge in [-0.2, -0.15) is 0 Å². The second-order valence-corrected chi connectivity index (χ2v) is 4.54. The maximum Gasteiger partial charge on any atom is 0.238 e. The largest absolute Gasteiger partial charge is 0.303 e. The van der Waals surface area contributed by atoms with E-state index in [1.165, 1.54) is 0 Å². The zero-order valence-electron chi connectivity index (χ0n) is 9.12. The van der Waals surface area contributed by atoms with Crippen LogP contribution in [0.2, 0.25) is 0 Å². The molecule has 1 amide bonds. The first-order valence-corrected chi connectivity index (χ1v) is 4.98. The quantitative estimate of drug-likeness (QED) is 0.630. The van der Waals surface area contributed by atoms with Gasteiger partial charge in [0.15, 0.2) is 0 Å². The molecule has 0 atom stereocenters. The zero-order chi connectivity index (χ0) is 10.8. The van der Waals surface area contributed by atoms with Gasteiger partial charge in [-0.05, 0) is 20.8 Å². The van der Waals surface area contributed by atoms with Crippen LogP contribution in [0.4, 0.5) is 0 Å². The SMILES string of the molecule is CC(C)(C)N1C(=O)CCN1CCC=O. The van der Waals surface area contributed by atoms with Crippen molar-refractivity contribution in [2.75, 3.05) is 13.1 Å². The standard InChI is InChI=1S/C10H18N2O2/c1-10(2,3)12-9(14)5-7-11(12)6-4-8-13/h8H,4-7H2,1-3H3. The van der Waals surface area contributed by atoms with Gasteiger partial charge in [0.2, 0.25) is 5.91 Å². The molecule has 0 saturated carbocycles. The van der Waals surface area contributed by atoms with Crippen LogP contribution in [0.3, 0.4) is 0 Å². The van der Waals surface area contributed by atoms with Crippen molar-refractivity contribution in [3.8, 4) is 0 Å². The second-order valence-electron chi connectivity index (χ2n) is 4.54. The minimum absolute atomic E-state index is 0.156. The van der Waals surface area contributed by atoms with Crippen LogP contribution in [0.25, 0.3) is 0 Å². The molecular weight excluding hydrogens is 180 g/mol. The molecule has 14 heavy (non-hydrogen) atoms. The third kappa shape index (κ3) is 2.32. The van der Waals surface area contributed by atoms with Crippen LogP contribution >= 0.6 is 0 Å². The van der Waals surface area contributed by atoms with Crippen LogP contribution in [0, 0.1) is 0 Å². The summed E-state index contributed by atoms with van der Waals surface area (Å²) >= 11 is 0. The Bertz CT molecular complexity index is 233. The smallest absolute Gasteiger partial charge is 0.238 e. The van der Waals surface area contributed by atoms with Gasteiger partial charge < -0.3 is 4.79 Å². The summed E-state index contributed by atoms with van der Waals surface area (Å²) in [6, 6.07) is 0. The van der Waals surface area contributed by atoms with Crippen molar-refractivity contribution in [2.24, 2.45) is 0 Å². The number of aldehydes is 1. The van der Waals surface area contributed by atoms with E-state index >= 15 is 0 Å². The molecule has 1 heterocycles. The number of rotatable bonds is 3. The van der Waals surface area contributed by atoms with Gasteiger partial charge in [-0.1, -0.05) is 0 Å². The zero-order valence-corrected chi connectivity index (χ0v) is 9.12. The number of nitrogens with zero attached hydrogens (tertiary/aromatic N) is 2. The summed E-state index contributed by atoms with van der Waals surface area (Å²) < 4.78 is 0. The molecule has 1 aliphatic heterocycles. The first-order valence-electron chi connectivity index (χ1n) is 4.98. The average molecular weight is 198 g/mol. The molecule has 80 valence electrons. The highest BCUT2D eigenvalue weighted by molar-refractivity contribution is 5.78. The lowest BCUT2D eigenvalue weighted by Gasteiger charge is -2.38. The molecular formula is C10H18N2O2. The summed E-state index contributed by atoms with van der Waals surface area (Å²) in [6.07, 6.45) is 1.94. The number of hydrazine groups is 1. The van der Waals surface area contributed by atoms with Gasteiger partial charge in [0, 0.05) is 25.9 Å². The van der Waals surface area contributed by atoms with Crippen molar-refractivity contribution in [3.05, 3.63) is 0 Å². The van der Waals surface area contributed by atoms with Crippen molar-refractivity contribution < 1.29 is 9.59 Å². The monoisotopic (exact) mass is 198 g/mol. The molecule has 1 aliphatic rings. The lowest BCUT2D eigenvalue weighted by atomic mass is 10.1. The maximum atomic E-state index is 11.6. The number of amides is 1. The van der Waals surface area contributed by atoms with E-state index in [0.717, 1.165) is 12.8 Å². The Kier molecular flexibility index (Phi) is 3.26. The summed E-state index contributed by atoms with van der Waals surface area (Å²) in [5.74, 6) is 0.156. The van der Waals surface area contributed by atoms with Crippen LogP contribution in [-0.4, -0.2) is 40.8 Å². The number of carbonyl (C=O) groups is 2. The fourth-order valence-corrected chi connectivity index (χ4v) is 1.80. The van der Waals surface area contributed by atoms with Gasteiger partial charge in [-0.25, -0.2) is 5.01 Å². The Labute approximate surface area is 84.8 Å². The van der Waals surface area contributed by atoms with Crippen LogP contribution in [0.15, 0.2) is 0 Å². The molecule has 0 aromatic carbocycles. The van der Waals surface area contributed by atoms with Crippen LogP contribution in [-0.2, 0) is 9.59 Å². The lowest BCUT2D eigenvalue weighted by Crippen LogP contribution is -2.51. The van der Waals surface area contributed by atoms with E-state index in [2.05, 4.69) is 0 Å². The molecule has 1 saturated heterocycles. The van der Waals surface area contributed by atoms with E-state index in [0.29, 0.717) is 19.4 Å². The van der Waals surface area contributed by atoms with Crippen LogP contribution in [0.1, 0.15) is 33.6 Å². The molecule has 1 rings (SSSR count). The van der Waals surface area contributed by atoms with E-state index < -0.39 is 0 Å². The minimum atomic E-state index is -0.184. The molecule has 0 radical (unpaired) electrons. The summed E-state index contributed by atoms with van der Waals surface area (Å²) in [7, 11) is 0. The second kappa shape index (κ2) is 4.09. The molecule has 0 bridgehead atoms. The van der Waals surface area contributed by atoms with Gasteiger partial charge in [0.05, 0.1) is 5.54 Å². The van der Waals surface area contributed by atoms with Gasteiger partial charge in [-0.15, -0.1) is 0 Å². The fourth-order valence-electron chi connectivity index (χ4n) is 1.80. The fraction of sp³-hybridized carbons (Fsp3) is 0.800. The van der Waals surface area contributed by atoms with E-state index in [4.69, 9.17) is 0 Å². The molecule has 0 aromatic heterocycles. The van der Waals surface area contributed by atoms with E-state index in [9.17, 15) is 9.59 Å². The molecule has 0 unspecified atom stereocenters. The van der Waals surface area contributed by atoms with Crippen molar-refractivity contribution in [2.45, 2.75) is 39.2 Å². The van der Waals surface area contributed by atoms with Gasteiger partial charge in [-0.3, -0.25) is 9.80 Å². The van der Waals surface area contributed by atoms with Crippen LogP contribution in [0.5, 0.6) is 0 Å². The molecule has 4 nitrogen and oxygen atoms in total. The molecule has 0 N–H and O–H groups in total. The van der Waals surface area contributed by atoms with Gasteiger partial charge >= 0.3 is 0 Å². The minimum Gasteiger partial charge on any atom is -0.303 e. The number of hydrogen-bond donors (Lipinski definition) is 0. The summed E-state index contributed by atoms with van der Waals surface area (Å²) in [4.78, 5) is 21.9. The molecule has 1 fully saturated rings. The predicted molar refractivity (Wildman–Crippen MR) is 53.5 cm³/mol. The van der Waals surface area contributed by atoms with E-state index in [1.807, 2.05) is 25.8 Å². The third-order valence-corrected chi connectivity index (χ3v) is 2.24. The summed E-state index contributed by atoms with van der Waals surface area (Å²) in [6.45, 7) is 7.40. The molecule has 0 aliphatic carbocycles. The first-order chi connectivity index (χ1) is 6.46. The van der Waals surface area contributed by atoms with Gasteiger partial charge in [0.1, 0.15) is 6.29 Å². The van der Waals surface area contributed by atoms with Crippen molar-refractivity contribution in [1.82, 2.24) is 10.0 Å². The summed E-state index contributed by atoms with van der Waals surface area (Å²) in [5, 5.41) is 3.74. The van der Waals surface area contributed by atoms with Crippen molar-refractivity contribution >= 4 is 12.2 Å². The third-order valence-electron chi connectivity index (χ3n) is 2.24. The molecule has 0 aromatic rings. The van der Waals surface area contributed by atoms with E-state index in [1.54, 1.807) is 5.01 Å². The maximum absolute atomic E-state index is 11.6.